The van der Waals surface area contributed by atoms with E-state index in [0.29, 0.717) is 29.3 Å². The monoisotopic (exact) mass is 312 g/mol. The lowest BCUT2D eigenvalue weighted by atomic mass is 9.83. The first-order valence-electron chi connectivity index (χ1n) is 8.30. The minimum atomic E-state index is -0.161. The van der Waals surface area contributed by atoms with Crippen LogP contribution < -0.4 is 9.47 Å². The molecule has 122 valence electrons. The van der Waals surface area contributed by atoms with Gasteiger partial charge in [0.2, 0.25) is 0 Å². The Balaban J connectivity index is 1.69. The quantitative estimate of drug-likeness (QED) is 0.449. The fourth-order valence-corrected chi connectivity index (χ4v) is 3.86. The van der Waals surface area contributed by atoms with Crippen LogP contribution in [0.25, 0.3) is 0 Å². The Morgan fingerprint density at radius 1 is 1.35 bits per heavy atom. The molecule has 1 aromatic carbocycles. The smallest absolute Gasteiger partial charge is 0.314 e. The average Bonchev–Trinajstić information content (AvgIpc) is 3.18. The molecule has 0 amide bonds. The van der Waals surface area contributed by atoms with Crippen LogP contribution in [-0.4, -0.2) is 13.1 Å². The highest BCUT2D eigenvalue weighted by molar-refractivity contribution is 5.76. The lowest BCUT2D eigenvalue weighted by Crippen LogP contribution is -2.28. The summed E-state index contributed by atoms with van der Waals surface area (Å²) in [7, 11) is 1.59. The molecule has 0 N–H and O–H groups in total. The second-order valence-corrected chi connectivity index (χ2v) is 6.63. The SMILES string of the molecule is C=CCc1ccc(OC(=O)C(C)C2CC3C=CC2C3)c(OC)c1. The summed E-state index contributed by atoms with van der Waals surface area (Å²) in [6.45, 7) is 5.72. The van der Waals surface area contributed by atoms with Crippen molar-refractivity contribution in [1.29, 1.82) is 0 Å². The van der Waals surface area contributed by atoms with Crippen molar-refractivity contribution in [3.8, 4) is 11.5 Å². The van der Waals surface area contributed by atoms with Gasteiger partial charge in [-0.3, -0.25) is 4.79 Å². The maximum Gasteiger partial charge on any atom is 0.314 e. The Morgan fingerprint density at radius 2 is 2.17 bits per heavy atom. The van der Waals surface area contributed by atoms with Gasteiger partial charge in [0, 0.05) is 0 Å². The van der Waals surface area contributed by atoms with Gasteiger partial charge in [-0.1, -0.05) is 31.2 Å². The molecule has 0 radical (unpaired) electrons. The number of carbonyl (C=O) groups is 1. The zero-order valence-corrected chi connectivity index (χ0v) is 13.8. The van der Waals surface area contributed by atoms with Crippen molar-refractivity contribution in [3.05, 3.63) is 48.6 Å². The van der Waals surface area contributed by atoms with E-state index in [0.717, 1.165) is 18.4 Å². The third-order valence-corrected chi connectivity index (χ3v) is 5.16. The third-order valence-electron chi connectivity index (χ3n) is 5.16. The summed E-state index contributed by atoms with van der Waals surface area (Å²) >= 11 is 0. The Kier molecular flexibility index (Phi) is 4.56. The van der Waals surface area contributed by atoms with Gasteiger partial charge in [-0.2, -0.15) is 0 Å². The molecule has 0 heterocycles. The molecule has 4 atom stereocenters. The molecule has 1 saturated carbocycles. The van der Waals surface area contributed by atoms with E-state index in [2.05, 4.69) is 18.7 Å². The minimum Gasteiger partial charge on any atom is -0.493 e. The molecule has 0 aliphatic heterocycles. The maximum atomic E-state index is 12.5. The summed E-state index contributed by atoms with van der Waals surface area (Å²) in [6.07, 6.45) is 9.46. The molecule has 23 heavy (non-hydrogen) atoms. The molecule has 3 rings (SSSR count). The fraction of sp³-hybridized carbons (Fsp3) is 0.450. The standard InChI is InChI=1S/C20H24O3/c1-4-5-14-7-9-18(19(12-14)22-3)23-20(21)13(2)17-11-15-6-8-16(17)10-15/h4,6-9,12-13,15-17H,1,5,10-11H2,2-3H3. The predicted molar refractivity (Wildman–Crippen MR) is 90.5 cm³/mol. The molecular weight excluding hydrogens is 288 g/mol. The molecule has 4 unspecified atom stereocenters. The van der Waals surface area contributed by atoms with Crippen molar-refractivity contribution in [1.82, 2.24) is 0 Å². The number of benzene rings is 1. The number of methoxy groups -OCH3 is 1. The van der Waals surface area contributed by atoms with Gasteiger partial charge in [-0.15, -0.1) is 6.58 Å². The van der Waals surface area contributed by atoms with Crippen LogP contribution in [0.3, 0.4) is 0 Å². The molecule has 0 saturated heterocycles. The summed E-state index contributed by atoms with van der Waals surface area (Å²) in [4.78, 5) is 12.5. The van der Waals surface area contributed by atoms with E-state index in [9.17, 15) is 4.79 Å². The number of rotatable bonds is 6. The first-order chi connectivity index (χ1) is 11.1. The van der Waals surface area contributed by atoms with Crippen LogP contribution in [0, 0.1) is 23.7 Å². The van der Waals surface area contributed by atoms with Gasteiger partial charge in [0.25, 0.3) is 0 Å². The van der Waals surface area contributed by atoms with Crippen LogP contribution in [0.1, 0.15) is 25.3 Å². The first-order valence-corrected chi connectivity index (χ1v) is 8.30. The van der Waals surface area contributed by atoms with Crippen molar-refractivity contribution < 1.29 is 14.3 Å². The lowest BCUT2D eigenvalue weighted by molar-refractivity contribution is -0.140. The maximum absolute atomic E-state index is 12.5. The zero-order valence-electron chi connectivity index (χ0n) is 13.8. The number of ether oxygens (including phenoxy) is 2. The van der Waals surface area contributed by atoms with Crippen LogP contribution in [-0.2, 0) is 11.2 Å². The summed E-state index contributed by atoms with van der Waals surface area (Å²) in [5.74, 6) is 2.45. The summed E-state index contributed by atoms with van der Waals surface area (Å²) < 4.78 is 11.0. The van der Waals surface area contributed by atoms with E-state index >= 15 is 0 Å². The minimum absolute atomic E-state index is 0.0903. The highest BCUT2D eigenvalue weighted by Crippen LogP contribution is 2.47. The van der Waals surface area contributed by atoms with Crippen LogP contribution in [0.4, 0.5) is 0 Å². The normalized spacial score (nSPS) is 26.1. The highest BCUT2D eigenvalue weighted by Gasteiger charge is 2.41. The van der Waals surface area contributed by atoms with E-state index < -0.39 is 0 Å². The van der Waals surface area contributed by atoms with Crippen LogP contribution in [0.2, 0.25) is 0 Å². The van der Waals surface area contributed by atoms with E-state index in [1.807, 2.05) is 31.2 Å². The molecule has 1 aromatic rings. The van der Waals surface area contributed by atoms with Crippen LogP contribution in [0.5, 0.6) is 11.5 Å². The molecule has 0 spiro atoms. The Labute approximate surface area is 138 Å². The summed E-state index contributed by atoms with van der Waals surface area (Å²) in [5.41, 5.74) is 1.09. The molecule has 3 heteroatoms. The molecular formula is C20H24O3. The number of allylic oxidation sites excluding steroid dienone is 3. The molecule has 2 aliphatic rings. The summed E-state index contributed by atoms with van der Waals surface area (Å²) in [5, 5.41) is 0. The molecule has 2 aliphatic carbocycles. The average molecular weight is 312 g/mol. The second-order valence-electron chi connectivity index (χ2n) is 6.63. The predicted octanol–water partition coefficient (Wildman–Crippen LogP) is 4.18. The lowest BCUT2D eigenvalue weighted by Gasteiger charge is -2.24. The molecule has 1 fully saturated rings. The number of hydrogen-bond acceptors (Lipinski definition) is 3. The zero-order chi connectivity index (χ0) is 16.4. The van der Waals surface area contributed by atoms with E-state index in [1.165, 1.54) is 6.42 Å². The van der Waals surface area contributed by atoms with Gasteiger partial charge < -0.3 is 9.47 Å². The topological polar surface area (TPSA) is 35.5 Å². The van der Waals surface area contributed by atoms with Gasteiger partial charge in [0.05, 0.1) is 13.0 Å². The van der Waals surface area contributed by atoms with Gasteiger partial charge in [0.15, 0.2) is 11.5 Å². The van der Waals surface area contributed by atoms with Crippen molar-refractivity contribution in [2.75, 3.05) is 7.11 Å². The molecule has 3 nitrogen and oxygen atoms in total. The van der Waals surface area contributed by atoms with Gasteiger partial charge >= 0.3 is 5.97 Å². The molecule has 2 bridgehead atoms. The van der Waals surface area contributed by atoms with Gasteiger partial charge in [-0.05, 0) is 54.7 Å². The molecule has 0 aromatic heterocycles. The van der Waals surface area contributed by atoms with Crippen LogP contribution >= 0.6 is 0 Å². The first kappa shape index (κ1) is 15.9. The van der Waals surface area contributed by atoms with Crippen molar-refractivity contribution in [2.45, 2.75) is 26.2 Å². The van der Waals surface area contributed by atoms with Crippen molar-refractivity contribution >= 4 is 5.97 Å². The third kappa shape index (κ3) is 3.19. The number of carbonyl (C=O) groups excluding carboxylic acids is 1. The Hall–Kier alpha value is -2.03. The summed E-state index contributed by atoms with van der Waals surface area (Å²) in [6, 6.07) is 5.65. The van der Waals surface area contributed by atoms with E-state index in [4.69, 9.17) is 9.47 Å². The highest BCUT2D eigenvalue weighted by atomic mass is 16.6. The fourth-order valence-electron chi connectivity index (χ4n) is 3.86. The van der Waals surface area contributed by atoms with Gasteiger partial charge in [0.1, 0.15) is 0 Å². The van der Waals surface area contributed by atoms with Gasteiger partial charge in [-0.25, -0.2) is 0 Å². The Bertz CT molecular complexity index is 632. The number of hydrogen-bond donors (Lipinski definition) is 0. The number of fused-ring (bicyclic) bond motifs is 2. The van der Waals surface area contributed by atoms with E-state index in [-0.39, 0.29) is 11.9 Å². The van der Waals surface area contributed by atoms with E-state index in [1.54, 1.807) is 7.11 Å². The Morgan fingerprint density at radius 3 is 2.78 bits per heavy atom. The number of esters is 1. The largest absolute Gasteiger partial charge is 0.493 e. The van der Waals surface area contributed by atoms with Crippen molar-refractivity contribution in [2.24, 2.45) is 23.7 Å². The second kappa shape index (κ2) is 6.61. The van der Waals surface area contributed by atoms with Crippen molar-refractivity contribution in [3.63, 3.8) is 0 Å². The van der Waals surface area contributed by atoms with Crippen LogP contribution in [0.15, 0.2) is 43.0 Å².